The summed E-state index contributed by atoms with van der Waals surface area (Å²) in [5.74, 6) is -1.43. The average Bonchev–Trinajstić information content (AvgIpc) is 2.65. The Morgan fingerprint density at radius 3 is 2.60 bits per heavy atom. The van der Waals surface area contributed by atoms with Crippen molar-refractivity contribution in [3.63, 3.8) is 0 Å². The summed E-state index contributed by atoms with van der Waals surface area (Å²) in [6.07, 6.45) is 1.40. The van der Waals surface area contributed by atoms with Gasteiger partial charge in [0.1, 0.15) is 0 Å². The van der Waals surface area contributed by atoms with Gasteiger partial charge < -0.3 is 5.11 Å². The molecule has 1 fully saturated rings. The number of thioether (sulfide) groups is 1. The molecule has 1 atom stereocenters. The maximum Gasteiger partial charge on any atom is 0.337 e. The number of nitrogens with zero attached hydrogens (tertiary/aromatic N) is 2. The second-order valence-electron chi connectivity index (χ2n) is 4.70. The SMILES string of the molecule is CC(C)N1C(=O)CC(Sc2ccc(C(=O)O)cn2)C1=O. The van der Waals surface area contributed by atoms with Crippen LogP contribution in [0.15, 0.2) is 23.4 Å². The molecule has 6 nitrogen and oxygen atoms in total. The lowest BCUT2D eigenvalue weighted by molar-refractivity contribution is -0.140. The molecule has 0 bridgehead atoms. The number of carboxylic acid groups (broad SMARTS) is 1. The topological polar surface area (TPSA) is 87.6 Å². The third-order valence-corrected chi connectivity index (χ3v) is 4.04. The van der Waals surface area contributed by atoms with Crippen molar-refractivity contribution in [2.24, 2.45) is 0 Å². The number of amides is 2. The van der Waals surface area contributed by atoms with Gasteiger partial charge in [-0.05, 0) is 26.0 Å². The van der Waals surface area contributed by atoms with Crippen LogP contribution in [-0.4, -0.2) is 44.1 Å². The zero-order valence-electron chi connectivity index (χ0n) is 11.1. The molecule has 0 radical (unpaired) electrons. The number of pyridine rings is 1. The lowest BCUT2D eigenvalue weighted by Gasteiger charge is -2.18. The van der Waals surface area contributed by atoms with Crippen LogP contribution in [-0.2, 0) is 9.59 Å². The molecule has 2 amide bonds. The van der Waals surface area contributed by atoms with Gasteiger partial charge in [-0.1, -0.05) is 11.8 Å². The monoisotopic (exact) mass is 294 g/mol. The normalized spacial score (nSPS) is 18.9. The summed E-state index contributed by atoms with van der Waals surface area (Å²) >= 11 is 1.19. The maximum atomic E-state index is 12.1. The summed E-state index contributed by atoms with van der Waals surface area (Å²) in [6, 6.07) is 2.83. The van der Waals surface area contributed by atoms with E-state index < -0.39 is 11.2 Å². The molecule has 0 spiro atoms. The van der Waals surface area contributed by atoms with E-state index in [1.54, 1.807) is 19.9 Å². The Labute approximate surface area is 120 Å². The number of likely N-dealkylation sites (tertiary alicyclic amines) is 1. The molecule has 106 valence electrons. The first kappa shape index (κ1) is 14.5. The summed E-state index contributed by atoms with van der Waals surface area (Å²) in [5.41, 5.74) is 0.0898. The average molecular weight is 294 g/mol. The lowest BCUT2D eigenvalue weighted by atomic mass is 10.3. The van der Waals surface area contributed by atoms with Crippen molar-refractivity contribution in [1.82, 2.24) is 9.88 Å². The lowest BCUT2D eigenvalue weighted by Crippen LogP contribution is -2.37. The molecule has 20 heavy (non-hydrogen) atoms. The number of carbonyl (C=O) groups is 3. The number of hydrogen-bond donors (Lipinski definition) is 1. The van der Waals surface area contributed by atoms with Crippen LogP contribution in [0.3, 0.4) is 0 Å². The van der Waals surface area contributed by atoms with Gasteiger partial charge in [-0.3, -0.25) is 14.5 Å². The quantitative estimate of drug-likeness (QED) is 0.845. The molecule has 0 aliphatic carbocycles. The molecule has 1 saturated heterocycles. The Hall–Kier alpha value is -1.89. The van der Waals surface area contributed by atoms with E-state index in [4.69, 9.17) is 5.11 Å². The molecule has 1 aromatic rings. The van der Waals surface area contributed by atoms with Crippen LogP contribution in [0.2, 0.25) is 0 Å². The van der Waals surface area contributed by atoms with Crippen molar-refractivity contribution in [3.8, 4) is 0 Å². The third kappa shape index (κ3) is 2.82. The number of carboxylic acids is 1. The molecule has 0 saturated carbocycles. The van der Waals surface area contributed by atoms with Crippen LogP contribution in [0, 0.1) is 0 Å². The van der Waals surface area contributed by atoms with E-state index in [-0.39, 0.29) is 29.8 Å². The number of aromatic nitrogens is 1. The van der Waals surface area contributed by atoms with Crippen LogP contribution in [0.1, 0.15) is 30.6 Å². The first-order chi connectivity index (χ1) is 9.40. The van der Waals surface area contributed by atoms with Gasteiger partial charge >= 0.3 is 5.97 Å². The zero-order valence-corrected chi connectivity index (χ0v) is 11.9. The fraction of sp³-hybridized carbons (Fsp3) is 0.385. The van der Waals surface area contributed by atoms with Gasteiger partial charge in [0.15, 0.2) is 0 Å². The van der Waals surface area contributed by atoms with E-state index in [2.05, 4.69) is 4.98 Å². The van der Waals surface area contributed by atoms with Gasteiger partial charge in [-0.25, -0.2) is 9.78 Å². The highest BCUT2D eigenvalue weighted by Crippen LogP contribution is 2.31. The molecule has 0 aromatic carbocycles. The van der Waals surface area contributed by atoms with Crippen molar-refractivity contribution in [1.29, 1.82) is 0 Å². The van der Waals surface area contributed by atoms with Crippen LogP contribution in [0.4, 0.5) is 0 Å². The highest BCUT2D eigenvalue weighted by atomic mass is 32.2. The first-order valence-electron chi connectivity index (χ1n) is 6.12. The molecule has 2 rings (SSSR count). The first-order valence-corrected chi connectivity index (χ1v) is 7.00. The second kappa shape index (κ2) is 5.62. The molecule has 1 aliphatic rings. The fourth-order valence-corrected chi connectivity index (χ4v) is 2.97. The smallest absolute Gasteiger partial charge is 0.337 e. The fourth-order valence-electron chi connectivity index (χ4n) is 1.98. The predicted molar refractivity (Wildman–Crippen MR) is 72.4 cm³/mol. The Kier molecular flexibility index (Phi) is 4.08. The van der Waals surface area contributed by atoms with E-state index in [0.717, 1.165) is 0 Å². The Balaban J connectivity index is 2.09. The van der Waals surface area contributed by atoms with Gasteiger partial charge in [0.25, 0.3) is 0 Å². The van der Waals surface area contributed by atoms with E-state index >= 15 is 0 Å². The minimum absolute atomic E-state index is 0.0898. The highest BCUT2D eigenvalue weighted by Gasteiger charge is 2.40. The molecule has 1 unspecified atom stereocenters. The summed E-state index contributed by atoms with van der Waals surface area (Å²) in [7, 11) is 0. The van der Waals surface area contributed by atoms with Gasteiger partial charge in [-0.2, -0.15) is 0 Å². The second-order valence-corrected chi connectivity index (χ2v) is 5.92. The number of imide groups is 1. The summed E-state index contributed by atoms with van der Waals surface area (Å²) in [6.45, 7) is 3.59. The largest absolute Gasteiger partial charge is 0.478 e. The highest BCUT2D eigenvalue weighted by molar-refractivity contribution is 8.00. The van der Waals surface area contributed by atoms with E-state index in [0.29, 0.717) is 5.03 Å². The van der Waals surface area contributed by atoms with Crippen molar-refractivity contribution < 1.29 is 19.5 Å². The van der Waals surface area contributed by atoms with Gasteiger partial charge in [0, 0.05) is 18.7 Å². The standard InChI is InChI=1S/C13H14N2O4S/c1-7(2)15-11(16)5-9(12(15)17)20-10-4-3-8(6-14-10)13(18)19/h3-4,6-7,9H,5H2,1-2H3,(H,18,19). The molecule has 2 heterocycles. The number of carbonyl (C=O) groups excluding carboxylic acids is 2. The molecular weight excluding hydrogens is 280 g/mol. The molecule has 1 N–H and O–H groups in total. The predicted octanol–water partition coefficient (Wildman–Crippen LogP) is 1.41. The third-order valence-electron chi connectivity index (χ3n) is 2.90. The molecule has 7 heteroatoms. The number of rotatable bonds is 4. The van der Waals surface area contributed by atoms with Crippen LogP contribution in [0.25, 0.3) is 0 Å². The maximum absolute atomic E-state index is 12.1. The summed E-state index contributed by atoms with van der Waals surface area (Å²) in [4.78, 5) is 39.8. The Morgan fingerprint density at radius 1 is 1.45 bits per heavy atom. The molecule has 1 aliphatic heterocycles. The molecular formula is C13H14N2O4S. The van der Waals surface area contributed by atoms with Crippen molar-refractivity contribution in [2.75, 3.05) is 0 Å². The number of hydrogen-bond acceptors (Lipinski definition) is 5. The minimum atomic E-state index is -1.05. The van der Waals surface area contributed by atoms with Crippen LogP contribution in [0.5, 0.6) is 0 Å². The molecule has 1 aromatic heterocycles. The van der Waals surface area contributed by atoms with Gasteiger partial charge in [0.2, 0.25) is 11.8 Å². The zero-order chi connectivity index (χ0) is 14.9. The van der Waals surface area contributed by atoms with Crippen LogP contribution >= 0.6 is 11.8 Å². The Bertz CT molecular complexity index is 556. The van der Waals surface area contributed by atoms with Crippen molar-refractivity contribution >= 4 is 29.5 Å². The Morgan fingerprint density at radius 2 is 2.15 bits per heavy atom. The van der Waals surface area contributed by atoms with E-state index in [1.807, 2.05) is 0 Å². The van der Waals surface area contributed by atoms with Gasteiger partial charge in [-0.15, -0.1) is 0 Å². The number of aromatic carboxylic acids is 1. The summed E-state index contributed by atoms with van der Waals surface area (Å²) in [5, 5.41) is 8.84. The van der Waals surface area contributed by atoms with E-state index in [9.17, 15) is 14.4 Å². The van der Waals surface area contributed by atoms with E-state index in [1.165, 1.54) is 28.9 Å². The van der Waals surface area contributed by atoms with Gasteiger partial charge in [0.05, 0.1) is 15.8 Å². The van der Waals surface area contributed by atoms with Crippen molar-refractivity contribution in [2.45, 2.75) is 36.6 Å². The summed E-state index contributed by atoms with van der Waals surface area (Å²) < 4.78 is 0. The van der Waals surface area contributed by atoms with Crippen LogP contribution < -0.4 is 0 Å². The van der Waals surface area contributed by atoms with Crippen molar-refractivity contribution in [3.05, 3.63) is 23.9 Å². The minimum Gasteiger partial charge on any atom is -0.478 e.